The molecule has 1 aromatic rings. The van der Waals surface area contributed by atoms with Gasteiger partial charge in [-0.25, -0.2) is 0 Å². The summed E-state index contributed by atoms with van der Waals surface area (Å²) in [5, 5.41) is 2.91. The Balaban J connectivity index is 2.13. The number of rotatable bonds is 2. The molecule has 0 saturated heterocycles. The second-order valence-electron chi connectivity index (χ2n) is 3.68. The third kappa shape index (κ3) is 1.96. The molecule has 0 fully saturated rings. The first-order chi connectivity index (χ1) is 6.66. The normalized spacial score (nSPS) is 14.5. The lowest BCUT2D eigenvalue weighted by molar-refractivity contribution is 0.0947. The maximum absolute atomic E-state index is 11.7. The summed E-state index contributed by atoms with van der Waals surface area (Å²) < 4.78 is 0. The van der Waals surface area contributed by atoms with Gasteiger partial charge in [-0.15, -0.1) is 11.3 Å². The van der Waals surface area contributed by atoms with E-state index < -0.39 is 0 Å². The van der Waals surface area contributed by atoms with Crippen LogP contribution in [0.4, 0.5) is 0 Å². The van der Waals surface area contributed by atoms with Gasteiger partial charge in [-0.1, -0.05) is 0 Å². The molecule has 0 aliphatic carbocycles. The summed E-state index contributed by atoms with van der Waals surface area (Å²) in [7, 11) is 0. The molecule has 1 aliphatic rings. The SMILES string of the molecule is CC(C)NC(=O)c1cc2c(s1)CSC2. The van der Waals surface area contributed by atoms with Gasteiger partial charge in [0.15, 0.2) is 0 Å². The van der Waals surface area contributed by atoms with Crippen LogP contribution in [-0.2, 0) is 11.5 Å². The zero-order chi connectivity index (χ0) is 10.1. The lowest BCUT2D eigenvalue weighted by Gasteiger charge is -2.05. The molecule has 2 nitrogen and oxygen atoms in total. The largest absolute Gasteiger partial charge is 0.349 e. The quantitative estimate of drug-likeness (QED) is 0.841. The summed E-state index contributed by atoms with van der Waals surface area (Å²) in [6.45, 7) is 3.96. The van der Waals surface area contributed by atoms with Gasteiger partial charge in [0.1, 0.15) is 0 Å². The average Bonchev–Trinajstić information content (AvgIpc) is 2.58. The maximum atomic E-state index is 11.7. The van der Waals surface area contributed by atoms with Crippen molar-refractivity contribution < 1.29 is 4.79 Å². The Morgan fingerprint density at radius 2 is 2.29 bits per heavy atom. The number of carbonyl (C=O) groups is 1. The summed E-state index contributed by atoms with van der Waals surface area (Å²) >= 11 is 3.56. The molecule has 1 N–H and O–H groups in total. The fourth-order valence-electron chi connectivity index (χ4n) is 1.41. The first-order valence-corrected chi connectivity index (χ1v) is 6.64. The van der Waals surface area contributed by atoms with Crippen LogP contribution in [0.3, 0.4) is 0 Å². The Kier molecular flexibility index (Phi) is 2.83. The zero-order valence-electron chi connectivity index (χ0n) is 8.29. The van der Waals surface area contributed by atoms with Gasteiger partial charge in [-0.05, 0) is 25.5 Å². The highest BCUT2D eigenvalue weighted by molar-refractivity contribution is 7.98. The van der Waals surface area contributed by atoms with Crippen LogP contribution in [0.5, 0.6) is 0 Å². The highest BCUT2D eigenvalue weighted by Gasteiger charge is 2.18. The van der Waals surface area contributed by atoms with E-state index in [1.54, 1.807) is 11.3 Å². The van der Waals surface area contributed by atoms with Gasteiger partial charge in [0.2, 0.25) is 0 Å². The Labute approximate surface area is 92.1 Å². The van der Waals surface area contributed by atoms with E-state index in [9.17, 15) is 4.79 Å². The minimum absolute atomic E-state index is 0.0735. The summed E-state index contributed by atoms with van der Waals surface area (Å²) in [5.74, 6) is 2.22. The van der Waals surface area contributed by atoms with Gasteiger partial charge in [0.25, 0.3) is 5.91 Å². The standard InChI is InChI=1S/C10H13NOS2/c1-6(2)11-10(12)8-3-7-4-13-5-9(7)14-8/h3,6H,4-5H2,1-2H3,(H,11,12). The number of hydrogen-bond donors (Lipinski definition) is 1. The molecule has 0 spiro atoms. The number of fused-ring (bicyclic) bond motifs is 1. The van der Waals surface area contributed by atoms with Crippen LogP contribution in [0.1, 0.15) is 34.0 Å². The van der Waals surface area contributed by atoms with E-state index in [1.165, 1.54) is 10.4 Å². The molecule has 4 heteroatoms. The van der Waals surface area contributed by atoms with Crippen molar-refractivity contribution in [1.82, 2.24) is 5.32 Å². The van der Waals surface area contributed by atoms with E-state index in [-0.39, 0.29) is 11.9 Å². The van der Waals surface area contributed by atoms with E-state index in [2.05, 4.69) is 5.32 Å². The van der Waals surface area contributed by atoms with Crippen LogP contribution in [0.25, 0.3) is 0 Å². The molecule has 0 radical (unpaired) electrons. The molecule has 0 unspecified atom stereocenters. The molecule has 0 bridgehead atoms. The highest BCUT2D eigenvalue weighted by atomic mass is 32.2. The fourth-order valence-corrected chi connectivity index (χ4v) is 3.82. The molecule has 0 atom stereocenters. The van der Waals surface area contributed by atoms with Crippen LogP contribution in [0.2, 0.25) is 0 Å². The van der Waals surface area contributed by atoms with Crippen molar-refractivity contribution in [3.05, 3.63) is 21.4 Å². The van der Waals surface area contributed by atoms with Crippen molar-refractivity contribution in [3.63, 3.8) is 0 Å². The number of thiophene rings is 1. The Morgan fingerprint density at radius 1 is 1.50 bits per heavy atom. The lowest BCUT2D eigenvalue weighted by Crippen LogP contribution is -2.29. The minimum atomic E-state index is 0.0735. The number of amides is 1. The first kappa shape index (κ1) is 10.1. The summed E-state index contributed by atoms with van der Waals surface area (Å²) in [5.41, 5.74) is 1.36. The van der Waals surface area contributed by atoms with Crippen LogP contribution < -0.4 is 5.32 Å². The Hall–Kier alpha value is -0.480. The Morgan fingerprint density at radius 3 is 2.93 bits per heavy atom. The smallest absolute Gasteiger partial charge is 0.261 e. The monoisotopic (exact) mass is 227 g/mol. The van der Waals surface area contributed by atoms with Crippen LogP contribution in [-0.4, -0.2) is 11.9 Å². The molecule has 2 rings (SSSR count). The van der Waals surface area contributed by atoms with Crippen molar-refractivity contribution in [1.29, 1.82) is 0 Å². The van der Waals surface area contributed by atoms with Crippen molar-refractivity contribution in [2.24, 2.45) is 0 Å². The minimum Gasteiger partial charge on any atom is -0.349 e. The van der Waals surface area contributed by atoms with Crippen molar-refractivity contribution in [2.75, 3.05) is 0 Å². The van der Waals surface area contributed by atoms with Gasteiger partial charge in [-0.3, -0.25) is 4.79 Å². The summed E-state index contributed by atoms with van der Waals surface area (Å²) in [4.78, 5) is 13.9. The van der Waals surface area contributed by atoms with E-state index in [0.717, 1.165) is 16.4 Å². The highest BCUT2D eigenvalue weighted by Crippen LogP contribution is 2.36. The van der Waals surface area contributed by atoms with Crippen LogP contribution >= 0.6 is 23.1 Å². The van der Waals surface area contributed by atoms with E-state index in [4.69, 9.17) is 0 Å². The number of thioether (sulfide) groups is 1. The maximum Gasteiger partial charge on any atom is 0.261 e. The molecule has 76 valence electrons. The first-order valence-electron chi connectivity index (χ1n) is 4.67. The predicted molar refractivity (Wildman–Crippen MR) is 61.9 cm³/mol. The molecular weight excluding hydrogens is 214 g/mol. The van der Waals surface area contributed by atoms with Gasteiger partial charge < -0.3 is 5.32 Å². The predicted octanol–water partition coefficient (Wildman–Crippen LogP) is 2.63. The van der Waals surface area contributed by atoms with Gasteiger partial charge >= 0.3 is 0 Å². The third-order valence-corrected chi connectivity index (χ3v) is 4.40. The number of carbonyl (C=O) groups excluding carboxylic acids is 1. The summed E-state index contributed by atoms with van der Waals surface area (Å²) in [6.07, 6.45) is 0. The molecule has 1 aromatic heterocycles. The number of nitrogens with one attached hydrogen (secondary N) is 1. The van der Waals surface area contributed by atoms with Crippen LogP contribution in [0.15, 0.2) is 6.07 Å². The fraction of sp³-hybridized carbons (Fsp3) is 0.500. The third-order valence-electron chi connectivity index (χ3n) is 2.03. The molecule has 0 saturated carbocycles. The second-order valence-corrected chi connectivity index (χ2v) is 5.80. The molecule has 1 aliphatic heterocycles. The molecule has 0 aromatic carbocycles. The van der Waals surface area contributed by atoms with Gasteiger partial charge in [0, 0.05) is 22.4 Å². The Bertz CT molecular complexity index is 336. The molecular formula is C10H13NOS2. The van der Waals surface area contributed by atoms with Crippen molar-refractivity contribution in [3.8, 4) is 0 Å². The lowest BCUT2D eigenvalue weighted by atomic mass is 10.3. The summed E-state index contributed by atoms with van der Waals surface area (Å²) in [6, 6.07) is 2.26. The van der Waals surface area contributed by atoms with Gasteiger partial charge in [0.05, 0.1) is 4.88 Å². The van der Waals surface area contributed by atoms with E-state index in [1.807, 2.05) is 31.7 Å². The molecule has 2 heterocycles. The zero-order valence-corrected chi connectivity index (χ0v) is 9.93. The van der Waals surface area contributed by atoms with Gasteiger partial charge in [-0.2, -0.15) is 11.8 Å². The van der Waals surface area contributed by atoms with Crippen molar-refractivity contribution >= 4 is 29.0 Å². The number of hydrogen-bond acceptors (Lipinski definition) is 3. The topological polar surface area (TPSA) is 29.1 Å². The molecule has 14 heavy (non-hydrogen) atoms. The van der Waals surface area contributed by atoms with E-state index in [0.29, 0.717) is 0 Å². The molecule has 1 amide bonds. The average molecular weight is 227 g/mol. The van der Waals surface area contributed by atoms with E-state index >= 15 is 0 Å². The second kappa shape index (κ2) is 3.95. The van der Waals surface area contributed by atoms with Crippen molar-refractivity contribution in [2.45, 2.75) is 31.4 Å². The van der Waals surface area contributed by atoms with Crippen LogP contribution in [0, 0.1) is 0 Å².